The Morgan fingerprint density at radius 1 is 1.04 bits per heavy atom. The number of carbonyl (C=O) groups is 2. The van der Waals surface area contributed by atoms with E-state index in [4.69, 9.17) is 9.47 Å². The zero-order valence-corrected chi connectivity index (χ0v) is 15.2. The SMILES string of the molecule is CCOC(=O)c1ccccc1OCC(=O)N[C@@H](C)CCc1ccccc1. The number of esters is 1. The highest BCUT2D eigenvalue weighted by atomic mass is 16.5. The molecule has 0 aliphatic rings. The summed E-state index contributed by atoms with van der Waals surface area (Å²) in [6.07, 6.45) is 1.74. The van der Waals surface area contributed by atoms with Crippen LogP contribution in [0.5, 0.6) is 5.75 Å². The highest BCUT2D eigenvalue weighted by Gasteiger charge is 2.15. The lowest BCUT2D eigenvalue weighted by Crippen LogP contribution is -2.36. The third-order valence-electron chi connectivity index (χ3n) is 3.86. The third kappa shape index (κ3) is 6.24. The van der Waals surface area contributed by atoms with E-state index in [1.807, 2.05) is 25.1 Å². The van der Waals surface area contributed by atoms with Gasteiger partial charge in [0.15, 0.2) is 6.61 Å². The number of rotatable bonds is 9. The first-order valence-electron chi connectivity index (χ1n) is 8.82. The number of amides is 1. The summed E-state index contributed by atoms with van der Waals surface area (Å²) in [7, 11) is 0. The van der Waals surface area contributed by atoms with Gasteiger partial charge in [-0.1, -0.05) is 42.5 Å². The van der Waals surface area contributed by atoms with Crippen LogP contribution < -0.4 is 10.1 Å². The maximum Gasteiger partial charge on any atom is 0.341 e. The molecule has 138 valence electrons. The predicted molar refractivity (Wildman–Crippen MR) is 100 cm³/mol. The van der Waals surface area contributed by atoms with Crippen molar-refractivity contribution in [1.82, 2.24) is 5.32 Å². The molecule has 1 N–H and O–H groups in total. The van der Waals surface area contributed by atoms with Crippen molar-refractivity contribution in [3.63, 3.8) is 0 Å². The molecule has 0 saturated carbocycles. The van der Waals surface area contributed by atoms with Crippen molar-refractivity contribution in [3.05, 3.63) is 65.7 Å². The Labute approximate surface area is 154 Å². The summed E-state index contributed by atoms with van der Waals surface area (Å²) < 4.78 is 10.5. The number of hydrogen-bond donors (Lipinski definition) is 1. The zero-order chi connectivity index (χ0) is 18.8. The number of aryl methyl sites for hydroxylation is 1. The van der Waals surface area contributed by atoms with Gasteiger partial charge in [0.2, 0.25) is 0 Å². The van der Waals surface area contributed by atoms with Gasteiger partial charge in [0.05, 0.1) is 6.61 Å². The van der Waals surface area contributed by atoms with Crippen molar-refractivity contribution in [2.45, 2.75) is 32.7 Å². The Kier molecular flexibility index (Phi) is 7.68. The van der Waals surface area contributed by atoms with Gasteiger partial charge in [-0.2, -0.15) is 0 Å². The van der Waals surface area contributed by atoms with Crippen LogP contribution in [0.4, 0.5) is 0 Å². The van der Waals surface area contributed by atoms with Crippen LogP contribution >= 0.6 is 0 Å². The van der Waals surface area contributed by atoms with Gasteiger partial charge >= 0.3 is 5.97 Å². The van der Waals surface area contributed by atoms with Gasteiger partial charge < -0.3 is 14.8 Å². The van der Waals surface area contributed by atoms with Crippen LogP contribution in [-0.4, -0.2) is 31.1 Å². The molecular weight excluding hydrogens is 330 g/mol. The molecule has 0 unspecified atom stereocenters. The van der Waals surface area contributed by atoms with Crippen LogP contribution in [0.3, 0.4) is 0 Å². The Bertz CT molecular complexity index is 715. The first-order valence-corrected chi connectivity index (χ1v) is 8.82. The number of carbonyl (C=O) groups excluding carboxylic acids is 2. The molecule has 0 saturated heterocycles. The second kappa shape index (κ2) is 10.2. The summed E-state index contributed by atoms with van der Waals surface area (Å²) in [5, 5.41) is 2.91. The van der Waals surface area contributed by atoms with E-state index in [1.54, 1.807) is 31.2 Å². The lowest BCUT2D eigenvalue weighted by atomic mass is 10.1. The molecule has 1 amide bonds. The molecule has 2 rings (SSSR count). The van der Waals surface area contributed by atoms with Gasteiger partial charge in [-0.25, -0.2) is 4.79 Å². The summed E-state index contributed by atoms with van der Waals surface area (Å²) >= 11 is 0. The van der Waals surface area contributed by atoms with E-state index in [2.05, 4.69) is 17.4 Å². The summed E-state index contributed by atoms with van der Waals surface area (Å²) in [4.78, 5) is 24.0. The fourth-order valence-corrected chi connectivity index (χ4v) is 2.53. The fraction of sp³-hybridized carbons (Fsp3) is 0.333. The minimum atomic E-state index is -0.459. The molecular formula is C21H25NO4. The molecule has 0 bridgehead atoms. The molecule has 1 atom stereocenters. The van der Waals surface area contributed by atoms with E-state index in [0.29, 0.717) is 11.3 Å². The maximum absolute atomic E-state index is 12.1. The Balaban J connectivity index is 1.80. The average Bonchev–Trinajstić information content (AvgIpc) is 2.66. The molecule has 0 radical (unpaired) electrons. The van der Waals surface area contributed by atoms with Gasteiger partial charge in [-0.05, 0) is 44.4 Å². The van der Waals surface area contributed by atoms with E-state index in [0.717, 1.165) is 12.8 Å². The number of hydrogen-bond acceptors (Lipinski definition) is 4. The van der Waals surface area contributed by atoms with Crippen molar-refractivity contribution in [3.8, 4) is 5.75 Å². The third-order valence-corrected chi connectivity index (χ3v) is 3.86. The molecule has 0 fully saturated rings. The number of nitrogens with one attached hydrogen (secondary N) is 1. The Hall–Kier alpha value is -2.82. The lowest BCUT2D eigenvalue weighted by molar-refractivity contribution is -0.123. The summed E-state index contributed by atoms with van der Waals surface area (Å²) in [6, 6.07) is 16.9. The minimum absolute atomic E-state index is 0.0339. The first kappa shape index (κ1) is 19.5. The first-order chi connectivity index (χ1) is 12.6. The van der Waals surface area contributed by atoms with Gasteiger partial charge in [-0.15, -0.1) is 0 Å². The maximum atomic E-state index is 12.1. The van der Waals surface area contributed by atoms with Crippen molar-refractivity contribution in [2.24, 2.45) is 0 Å². The van der Waals surface area contributed by atoms with Crippen molar-refractivity contribution in [1.29, 1.82) is 0 Å². The molecule has 2 aromatic rings. The smallest absolute Gasteiger partial charge is 0.341 e. The average molecular weight is 355 g/mol. The normalized spacial score (nSPS) is 11.5. The van der Waals surface area contributed by atoms with Gasteiger partial charge in [0, 0.05) is 6.04 Å². The highest BCUT2D eigenvalue weighted by Crippen LogP contribution is 2.18. The van der Waals surface area contributed by atoms with E-state index >= 15 is 0 Å². The quantitative estimate of drug-likeness (QED) is 0.701. The summed E-state index contributed by atoms with van der Waals surface area (Å²) in [5.74, 6) is -0.331. The van der Waals surface area contributed by atoms with Gasteiger partial charge in [0.25, 0.3) is 5.91 Å². The molecule has 0 spiro atoms. The van der Waals surface area contributed by atoms with Gasteiger partial charge in [-0.3, -0.25) is 4.79 Å². The van der Waals surface area contributed by atoms with Gasteiger partial charge in [0.1, 0.15) is 11.3 Å². The molecule has 5 heteroatoms. The predicted octanol–water partition coefficient (Wildman–Crippen LogP) is 3.38. The number of para-hydroxylation sites is 1. The molecule has 0 aliphatic heterocycles. The minimum Gasteiger partial charge on any atom is -0.483 e. The number of benzene rings is 2. The Morgan fingerprint density at radius 3 is 2.46 bits per heavy atom. The monoisotopic (exact) mass is 355 g/mol. The van der Waals surface area contributed by atoms with Crippen molar-refractivity contribution >= 4 is 11.9 Å². The second-order valence-corrected chi connectivity index (χ2v) is 6.00. The topological polar surface area (TPSA) is 64.6 Å². The van der Waals surface area contributed by atoms with Crippen LogP contribution in [0.1, 0.15) is 36.2 Å². The van der Waals surface area contributed by atoms with Crippen LogP contribution in [0.2, 0.25) is 0 Å². The molecule has 0 heterocycles. The molecule has 0 aliphatic carbocycles. The fourth-order valence-electron chi connectivity index (χ4n) is 2.53. The summed E-state index contributed by atoms with van der Waals surface area (Å²) in [6.45, 7) is 3.84. The summed E-state index contributed by atoms with van der Waals surface area (Å²) in [5.41, 5.74) is 1.56. The Morgan fingerprint density at radius 2 is 1.73 bits per heavy atom. The highest BCUT2D eigenvalue weighted by molar-refractivity contribution is 5.92. The van der Waals surface area contributed by atoms with Crippen molar-refractivity contribution < 1.29 is 19.1 Å². The van der Waals surface area contributed by atoms with Crippen molar-refractivity contribution in [2.75, 3.05) is 13.2 Å². The van der Waals surface area contributed by atoms with Crippen LogP contribution in [-0.2, 0) is 16.0 Å². The largest absolute Gasteiger partial charge is 0.483 e. The molecule has 5 nitrogen and oxygen atoms in total. The van der Waals surface area contributed by atoms with E-state index < -0.39 is 5.97 Å². The molecule has 2 aromatic carbocycles. The number of ether oxygens (including phenoxy) is 2. The standard InChI is InChI=1S/C21H25NO4/c1-3-25-21(24)18-11-7-8-12-19(18)26-15-20(23)22-16(2)13-14-17-9-5-4-6-10-17/h4-12,16H,3,13-15H2,1-2H3,(H,22,23)/t16-/m0/s1. The van der Waals surface area contributed by atoms with E-state index in [-0.39, 0.29) is 25.2 Å². The molecule has 26 heavy (non-hydrogen) atoms. The van der Waals surface area contributed by atoms with Crippen LogP contribution in [0, 0.1) is 0 Å². The van der Waals surface area contributed by atoms with Crippen LogP contribution in [0.15, 0.2) is 54.6 Å². The van der Waals surface area contributed by atoms with E-state index in [9.17, 15) is 9.59 Å². The van der Waals surface area contributed by atoms with Crippen LogP contribution in [0.25, 0.3) is 0 Å². The van der Waals surface area contributed by atoms with E-state index in [1.165, 1.54) is 5.56 Å². The molecule has 0 aromatic heterocycles. The second-order valence-electron chi connectivity index (χ2n) is 6.00. The lowest BCUT2D eigenvalue weighted by Gasteiger charge is -2.15. The zero-order valence-electron chi connectivity index (χ0n) is 15.2.